The Bertz CT molecular complexity index is 521. The lowest BCUT2D eigenvalue weighted by Gasteiger charge is -2.27. The third-order valence-corrected chi connectivity index (χ3v) is 3.07. The van der Waals surface area contributed by atoms with Gasteiger partial charge in [-0.15, -0.1) is 0 Å². The van der Waals surface area contributed by atoms with Crippen molar-refractivity contribution in [2.45, 2.75) is 19.3 Å². The summed E-state index contributed by atoms with van der Waals surface area (Å²) in [6, 6.07) is 3.98. The van der Waals surface area contributed by atoms with Crippen molar-refractivity contribution in [1.29, 1.82) is 10.5 Å². The molecule has 0 aliphatic carbocycles. The van der Waals surface area contributed by atoms with Crippen LogP contribution in [0.2, 0.25) is 0 Å². The van der Waals surface area contributed by atoms with Crippen molar-refractivity contribution in [3.8, 4) is 12.1 Å². The molecule has 2 N–H and O–H groups in total. The molecule has 104 valence electrons. The summed E-state index contributed by atoms with van der Waals surface area (Å²) in [6.07, 6.45) is 3.40. The fourth-order valence-electron chi connectivity index (χ4n) is 2.11. The molecule has 1 aromatic heterocycles. The lowest BCUT2D eigenvalue weighted by molar-refractivity contribution is 0.567. The largest absolute Gasteiger partial charge is 0.368 e. The van der Waals surface area contributed by atoms with Crippen molar-refractivity contribution in [1.82, 2.24) is 15.0 Å². The highest BCUT2D eigenvalue weighted by Gasteiger charge is 2.18. The molecule has 1 saturated heterocycles. The van der Waals surface area contributed by atoms with Crippen molar-refractivity contribution < 1.29 is 0 Å². The van der Waals surface area contributed by atoms with Crippen molar-refractivity contribution in [3.05, 3.63) is 0 Å². The highest BCUT2D eigenvalue weighted by Crippen LogP contribution is 2.19. The third-order valence-electron chi connectivity index (χ3n) is 3.07. The Hall–Kier alpha value is -2.61. The zero-order valence-electron chi connectivity index (χ0n) is 11.2. The number of anilines is 3. The SMILES string of the molecule is N#CCN(CC#N)c1nc(N)nc(N2CCCCC2)n1. The van der Waals surface area contributed by atoms with E-state index in [9.17, 15) is 0 Å². The van der Waals surface area contributed by atoms with Gasteiger partial charge in [0.25, 0.3) is 0 Å². The van der Waals surface area contributed by atoms with Crippen LogP contribution in [0.3, 0.4) is 0 Å². The van der Waals surface area contributed by atoms with Crippen LogP contribution in [0.25, 0.3) is 0 Å². The minimum absolute atomic E-state index is 0.0381. The van der Waals surface area contributed by atoms with Gasteiger partial charge < -0.3 is 15.5 Å². The zero-order chi connectivity index (χ0) is 14.4. The molecule has 0 saturated carbocycles. The van der Waals surface area contributed by atoms with Crippen LogP contribution in [0, 0.1) is 22.7 Å². The molecule has 0 spiro atoms. The van der Waals surface area contributed by atoms with Crippen LogP contribution in [0.4, 0.5) is 17.8 Å². The summed E-state index contributed by atoms with van der Waals surface area (Å²) in [5, 5.41) is 17.6. The van der Waals surface area contributed by atoms with Crippen molar-refractivity contribution in [3.63, 3.8) is 0 Å². The van der Waals surface area contributed by atoms with Gasteiger partial charge in [-0.1, -0.05) is 0 Å². The van der Waals surface area contributed by atoms with Gasteiger partial charge in [0, 0.05) is 13.1 Å². The molecular formula is C12H16N8. The topological polar surface area (TPSA) is 119 Å². The molecule has 1 aliphatic rings. The lowest BCUT2D eigenvalue weighted by Crippen LogP contribution is -2.33. The lowest BCUT2D eigenvalue weighted by atomic mass is 10.1. The van der Waals surface area contributed by atoms with E-state index in [1.807, 2.05) is 12.1 Å². The number of nitrogen functional groups attached to an aromatic ring is 1. The van der Waals surface area contributed by atoms with Crippen molar-refractivity contribution >= 4 is 17.8 Å². The molecule has 0 aromatic carbocycles. The second kappa shape index (κ2) is 6.53. The number of hydrogen-bond donors (Lipinski definition) is 1. The molecule has 1 fully saturated rings. The maximum absolute atomic E-state index is 8.80. The Morgan fingerprint density at radius 1 is 1.05 bits per heavy atom. The number of hydrogen-bond acceptors (Lipinski definition) is 8. The predicted octanol–water partition coefficient (Wildman–Crippen LogP) is 0.298. The van der Waals surface area contributed by atoms with E-state index in [4.69, 9.17) is 16.3 Å². The molecule has 2 heterocycles. The van der Waals surface area contributed by atoms with Crippen LogP contribution in [-0.2, 0) is 0 Å². The molecule has 1 aromatic rings. The standard InChI is InChI=1S/C12H16N8/c13-4-8-20(9-5-14)12-17-10(15)16-11(18-12)19-6-2-1-3-7-19/h1-3,6-9H2,(H2,15,16,17,18). The van der Waals surface area contributed by atoms with Gasteiger partial charge in [-0.05, 0) is 19.3 Å². The average molecular weight is 272 g/mol. The normalized spacial score (nSPS) is 14.4. The number of nitrogens with two attached hydrogens (primary N) is 1. The molecule has 0 radical (unpaired) electrons. The monoisotopic (exact) mass is 272 g/mol. The second-order valence-electron chi connectivity index (χ2n) is 4.51. The number of rotatable bonds is 4. The van der Waals surface area contributed by atoms with Gasteiger partial charge in [0.05, 0.1) is 12.1 Å². The summed E-state index contributed by atoms with van der Waals surface area (Å²) in [5.74, 6) is 0.908. The molecular weight excluding hydrogens is 256 g/mol. The van der Waals surface area contributed by atoms with E-state index in [0.29, 0.717) is 5.95 Å². The van der Waals surface area contributed by atoms with E-state index < -0.39 is 0 Å². The molecule has 0 atom stereocenters. The summed E-state index contributed by atoms with van der Waals surface area (Å²) >= 11 is 0. The molecule has 0 unspecified atom stereocenters. The summed E-state index contributed by atoms with van der Waals surface area (Å²) in [7, 11) is 0. The van der Waals surface area contributed by atoms with Gasteiger partial charge in [-0.25, -0.2) is 0 Å². The van der Waals surface area contributed by atoms with Crippen LogP contribution in [0.1, 0.15) is 19.3 Å². The fraction of sp³-hybridized carbons (Fsp3) is 0.583. The van der Waals surface area contributed by atoms with Crippen molar-refractivity contribution in [2.24, 2.45) is 0 Å². The second-order valence-corrected chi connectivity index (χ2v) is 4.51. The first kappa shape index (κ1) is 13.8. The Morgan fingerprint density at radius 3 is 2.30 bits per heavy atom. The number of nitriles is 2. The first-order valence-corrected chi connectivity index (χ1v) is 6.50. The molecule has 20 heavy (non-hydrogen) atoms. The maximum Gasteiger partial charge on any atom is 0.233 e. The van der Waals surface area contributed by atoms with E-state index in [-0.39, 0.29) is 25.0 Å². The highest BCUT2D eigenvalue weighted by atomic mass is 15.3. The minimum Gasteiger partial charge on any atom is -0.368 e. The van der Waals surface area contributed by atoms with Crippen LogP contribution in [-0.4, -0.2) is 41.1 Å². The molecule has 0 bridgehead atoms. The molecule has 0 amide bonds. The van der Waals surface area contributed by atoms with Crippen LogP contribution >= 0.6 is 0 Å². The summed E-state index contributed by atoms with van der Waals surface area (Å²) < 4.78 is 0. The van der Waals surface area contributed by atoms with Crippen LogP contribution in [0.5, 0.6) is 0 Å². The van der Waals surface area contributed by atoms with Gasteiger partial charge >= 0.3 is 0 Å². The van der Waals surface area contributed by atoms with E-state index in [1.54, 1.807) is 0 Å². The number of aromatic nitrogens is 3. The van der Waals surface area contributed by atoms with E-state index in [1.165, 1.54) is 11.3 Å². The maximum atomic E-state index is 8.80. The van der Waals surface area contributed by atoms with Crippen LogP contribution < -0.4 is 15.5 Å². The Balaban J connectivity index is 2.27. The zero-order valence-corrected chi connectivity index (χ0v) is 11.2. The Kier molecular flexibility index (Phi) is 4.51. The number of nitrogens with zero attached hydrogens (tertiary/aromatic N) is 7. The predicted molar refractivity (Wildman–Crippen MR) is 73.7 cm³/mol. The van der Waals surface area contributed by atoms with E-state index in [2.05, 4.69) is 19.9 Å². The average Bonchev–Trinajstić information content (AvgIpc) is 2.47. The first-order valence-electron chi connectivity index (χ1n) is 6.50. The quantitative estimate of drug-likeness (QED) is 0.777. The highest BCUT2D eigenvalue weighted by molar-refractivity contribution is 5.44. The molecule has 2 rings (SSSR count). The van der Waals surface area contributed by atoms with Crippen molar-refractivity contribution in [2.75, 3.05) is 41.7 Å². The molecule has 8 heteroatoms. The van der Waals surface area contributed by atoms with Gasteiger partial charge in [0.1, 0.15) is 13.1 Å². The first-order chi connectivity index (χ1) is 9.74. The fourth-order valence-corrected chi connectivity index (χ4v) is 2.11. The van der Waals surface area contributed by atoms with Crippen LogP contribution in [0.15, 0.2) is 0 Å². The summed E-state index contributed by atoms with van der Waals surface area (Å²) in [6.45, 7) is 1.85. The smallest absolute Gasteiger partial charge is 0.233 e. The van der Waals surface area contributed by atoms with Gasteiger partial charge in [0.2, 0.25) is 17.8 Å². The summed E-state index contributed by atoms with van der Waals surface area (Å²) in [5.41, 5.74) is 5.71. The van der Waals surface area contributed by atoms with E-state index >= 15 is 0 Å². The third kappa shape index (κ3) is 3.23. The molecule has 1 aliphatic heterocycles. The van der Waals surface area contributed by atoms with Gasteiger partial charge in [-0.3, -0.25) is 0 Å². The Labute approximate surface area is 117 Å². The van der Waals surface area contributed by atoms with E-state index in [0.717, 1.165) is 25.9 Å². The van der Waals surface area contributed by atoms with Gasteiger partial charge in [0.15, 0.2) is 0 Å². The Morgan fingerprint density at radius 2 is 1.70 bits per heavy atom. The minimum atomic E-state index is 0.0381. The van der Waals surface area contributed by atoms with Gasteiger partial charge in [-0.2, -0.15) is 25.5 Å². The number of piperidine rings is 1. The summed E-state index contributed by atoms with van der Waals surface area (Å²) in [4.78, 5) is 16.0. The molecule has 8 nitrogen and oxygen atoms in total.